The summed E-state index contributed by atoms with van der Waals surface area (Å²) in [5.41, 5.74) is 5.66. The van der Waals surface area contributed by atoms with Gasteiger partial charge in [-0.1, -0.05) is 115 Å². The second kappa shape index (κ2) is 9.54. The second-order valence-electron chi connectivity index (χ2n) is 11.0. The summed E-state index contributed by atoms with van der Waals surface area (Å²) in [5, 5.41) is 7.20. The lowest BCUT2D eigenvalue weighted by atomic mass is 10.00. The van der Waals surface area contributed by atoms with E-state index in [9.17, 15) is 0 Å². The third-order valence-electron chi connectivity index (χ3n) is 8.54. The van der Waals surface area contributed by atoms with Gasteiger partial charge < -0.3 is 13.4 Å². The number of fused-ring (bicyclic) bond motifs is 9. The Morgan fingerprint density at radius 1 is 0.477 bits per heavy atom. The van der Waals surface area contributed by atoms with Crippen LogP contribution in [0.3, 0.4) is 0 Å². The lowest BCUT2D eigenvalue weighted by molar-refractivity contribution is 0.592. The summed E-state index contributed by atoms with van der Waals surface area (Å²) in [6.45, 7) is 0. The highest BCUT2D eigenvalue weighted by atomic mass is 31.2. The molecule has 0 unspecified atom stereocenters. The lowest BCUT2D eigenvalue weighted by Gasteiger charge is -2.20. The molecule has 0 saturated carbocycles. The van der Waals surface area contributed by atoms with E-state index in [1.165, 1.54) is 0 Å². The van der Waals surface area contributed by atoms with E-state index in [0.29, 0.717) is 0 Å². The van der Waals surface area contributed by atoms with Crippen LogP contribution in [-0.2, 0) is 4.57 Å². The van der Waals surface area contributed by atoms with Crippen molar-refractivity contribution >= 4 is 77.8 Å². The second-order valence-corrected chi connectivity index (χ2v) is 13.8. The fourth-order valence-corrected chi connectivity index (χ4v) is 9.24. The molecule has 0 spiro atoms. The number of hydrogen-bond acceptors (Lipinski definition) is 4. The summed E-state index contributed by atoms with van der Waals surface area (Å²) in [6.07, 6.45) is 0. The summed E-state index contributed by atoms with van der Waals surface area (Å²) >= 11 is 0. The van der Waals surface area contributed by atoms with E-state index < -0.39 is 7.14 Å². The first-order valence-corrected chi connectivity index (χ1v) is 16.3. The van der Waals surface area contributed by atoms with Crippen LogP contribution in [-0.4, -0.2) is 4.98 Å². The van der Waals surface area contributed by atoms with Gasteiger partial charge in [0.25, 0.3) is 0 Å². The molecular weight excluding hydrogens is 561 g/mol. The standard InChI is InChI=1S/C39H24NO3P/c41-44(26-13-3-1-4-14-26,27-15-5-2-6-16-27)28-17-11-12-25(24-28)38-36-30-19-8-10-21-33(30)43-39(36)37-31(40-38)22-23-34-35(37)29-18-7-9-20-32(29)42-34/h1-24H. The van der Waals surface area contributed by atoms with Gasteiger partial charge in [-0.25, -0.2) is 4.98 Å². The quantitative estimate of drug-likeness (QED) is 0.193. The van der Waals surface area contributed by atoms with E-state index >= 15 is 4.57 Å². The van der Waals surface area contributed by atoms with Gasteiger partial charge in [-0.05, 0) is 30.3 Å². The molecule has 0 N–H and O–H groups in total. The Hall–Kier alpha value is -5.44. The summed E-state index contributed by atoms with van der Waals surface area (Å²) in [6, 6.07) is 47.7. The molecule has 4 nitrogen and oxygen atoms in total. The van der Waals surface area contributed by atoms with E-state index in [1.807, 2.05) is 133 Å². The summed E-state index contributed by atoms with van der Waals surface area (Å²) in [7, 11) is -3.18. The van der Waals surface area contributed by atoms with Gasteiger partial charge in [0.1, 0.15) is 22.3 Å². The fraction of sp³-hybridized carbons (Fsp3) is 0. The van der Waals surface area contributed by atoms with Crippen molar-refractivity contribution in [1.29, 1.82) is 0 Å². The normalized spacial score (nSPS) is 12.2. The highest BCUT2D eigenvalue weighted by Gasteiger charge is 2.30. The first-order chi connectivity index (χ1) is 21.7. The molecule has 0 radical (unpaired) electrons. The first kappa shape index (κ1) is 25.1. The maximum Gasteiger partial charge on any atom is 0.171 e. The van der Waals surface area contributed by atoms with Crippen LogP contribution in [0.25, 0.3) is 66.0 Å². The zero-order valence-electron chi connectivity index (χ0n) is 23.5. The van der Waals surface area contributed by atoms with Crippen LogP contribution in [0.1, 0.15) is 0 Å². The third-order valence-corrected chi connectivity index (χ3v) is 11.6. The molecule has 3 aromatic heterocycles. The molecule has 5 heteroatoms. The molecule has 0 saturated heterocycles. The molecule has 0 bridgehead atoms. The number of benzene rings is 6. The van der Waals surface area contributed by atoms with Crippen molar-refractivity contribution in [2.45, 2.75) is 0 Å². The van der Waals surface area contributed by atoms with E-state index in [2.05, 4.69) is 12.1 Å². The molecule has 0 atom stereocenters. The first-order valence-electron chi connectivity index (χ1n) is 14.6. The van der Waals surface area contributed by atoms with Gasteiger partial charge in [-0.3, -0.25) is 0 Å². The van der Waals surface area contributed by atoms with Crippen LogP contribution < -0.4 is 15.9 Å². The number of para-hydroxylation sites is 2. The number of pyridine rings is 1. The Morgan fingerprint density at radius 2 is 1.07 bits per heavy atom. The van der Waals surface area contributed by atoms with Crippen molar-refractivity contribution in [1.82, 2.24) is 4.98 Å². The van der Waals surface area contributed by atoms with Crippen molar-refractivity contribution in [2.24, 2.45) is 0 Å². The zero-order chi connectivity index (χ0) is 29.3. The van der Waals surface area contributed by atoms with E-state index in [1.54, 1.807) is 0 Å². The largest absolute Gasteiger partial charge is 0.456 e. The highest BCUT2D eigenvalue weighted by molar-refractivity contribution is 7.85. The number of nitrogens with zero attached hydrogens (tertiary/aromatic N) is 1. The topological polar surface area (TPSA) is 56.2 Å². The smallest absolute Gasteiger partial charge is 0.171 e. The molecule has 6 aromatic carbocycles. The van der Waals surface area contributed by atoms with Crippen LogP contribution in [0.15, 0.2) is 154 Å². The predicted molar refractivity (Wildman–Crippen MR) is 181 cm³/mol. The summed E-state index contributed by atoms with van der Waals surface area (Å²) < 4.78 is 28.1. The molecule has 0 aliphatic heterocycles. The summed E-state index contributed by atoms with van der Waals surface area (Å²) in [4.78, 5) is 5.31. The van der Waals surface area contributed by atoms with E-state index in [-0.39, 0.29) is 0 Å². The van der Waals surface area contributed by atoms with Gasteiger partial charge in [0.05, 0.1) is 22.0 Å². The molecule has 3 heterocycles. The molecule has 0 aliphatic carbocycles. The van der Waals surface area contributed by atoms with Crippen molar-refractivity contribution in [3.63, 3.8) is 0 Å². The molecular formula is C39H24NO3P. The third kappa shape index (κ3) is 3.58. The fourth-order valence-electron chi connectivity index (χ4n) is 6.54. The summed E-state index contributed by atoms with van der Waals surface area (Å²) in [5.74, 6) is 0. The molecule has 44 heavy (non-hydrogen) atoms. The average Bonchev–Trinajstić information content (AvgIpc) is 3.67. The van der Waals surface area contributed by atoms with E-state index in [0.717, 1.165) is 82.0 Å². The number of aromatic nitrogens is 1. The maximum atomic E-state index is 15.2. The molecule has 0 aliphatic rings. The number of rotatable bonds is 4. The maximum absolute atomic E-state index is 15.2. The van der Waals surface area contributed by atoms with Crippen LogP contribution in [0.4, 0.5) is 0 Å². The number of furan rings is 2. The Labute approximate surface area is 252 Å². The van der Waals surface area contributed by atoms with Crippen LogP contribution in [0, 0.1) is 0 Å². The van der Waals surface area contributed by atoms with Gasteiger partial charge in [-0.2, -0.15) is 0 Å². The Kier molecular flexibility index (Phi) is 5.44. The van der Waals surface area contributed by atoms with Crippen molar-refractivity contribution in [2.75, 3.05) is 0 Å². The molecule has 9 rings (SSSR count). The lowest BCUT2D eigenvalue weighted by Crippen LogP contribution is -2.25. The SMILES string of the molecule is O=P(c1ccccc1)(c1ccccc1)c1cccc(-c2nc3ccc4oc5ccccc5c4c3c3oc4ccccc4c23)c1. The van der Waals surface area contributed by atoms with E-state index in [4.69, 9.17) is 13.8 Å². The van der Waals surface area contributed by atoms with Crippen LogP contribution >= 0.6 is 7.14 Å². The minimum atomic E-state index is -3.18. The van der Waals surface area contributed by atoms with Gasteiger partial charge in [-0.15, -0.1) is 0 Å². The van der Waals surface area contributed by atoms with Gasteiger partial charge in [0.2, 0.25) is 0 Å². The van der Waals surface area contributed by atoms with Crippen molar-refractivity contribution in [3.05, 3.63) is 146 Å². The average molecular weight is 586 g/mol. The number of hydrogen-bond donors (Lipinski definition) is 0. The minimum absolute atomic E-state index is 0.756. The van der Waals surface area contributed by atoms with Gasteiger partial charge >= 0.3 is 0 Å². The molecule has 0 amide bonds. The zero-order valence-corrected chi connectivity index (χ0v) is 24.4. The molecule has 9 aromatic rings. The molecule has 0 fully saturated rings. The van der Waals surface area contributed by atoms with Gasteiger partial charge in [0, 0.05) is 37.6 Å². The Balaban J connectivity index is 1.37. The minimum Gasteiger partial charge on any atom is -0.456 e. The Morgan fingerprint density at radius 3 is 1.77 bits per heavy atom. The molecule has 208 valence electrons. The highest BCUT2D eigenvalue weighted by Crippen LogP contribution is 2.46. The van der Waals surface area contributed by atoms with Crippen molar-refractivity contribution < 1.29 is 13.4 Å². The van der Waals surface area contributed by atoms with Crippen LogP contribution in [0.2, 0.25) is 0 Å². The Bertz CT molecular complexity index is 2540. The predicted octanol–water partition coefficient (Wildman–Crippen LogP) is 9.34. The monoisotopic (exact) mass is 585 g/mol. The van der Waals surface area contributed by atoms with Crippen molar-refractivity contribution in [3.8, 4) is 11.3 Å². The van der Waals surface area contributed by atoms with Gasteiger partial charge in [0.15, 0.2) is 7.14 Å². The van der Waals surface area contributed by atoms with Crippen LogP contribution in [0.5, 0.6) is 0 Å².